The van der Waals surface area contributed by atoms with Crippen LogP contribution in [0.2, 0.25) is 0 Å². The Morgan fingerprint density at radius 3 is 1.78 bits per heavy atom. The maximum atomic E-state index is 2.48. The molecule has 0 fully saturated rings. The third-order valence-corrected chi connectivity index (χ3v) is 5.85. The predicted octanol–water partition coefficient (Wildman–Crippen LogP) is 6.87. The molecule has 1 unspecified atom stereocenters. The number of aryl methyl sites for hydroxylation is 2. The molecule has 0 nitrogen and oxygen atoms in total. The molecule has 0 bridgehead atoms. The SMILES string of the molecule is CCC(C)c1ccc2c(c1)CCc1cc(C(CC)CC)ccc1-2. The molecular formula is C23H30. The molecule has 1 aliphatic rings. The summed E-state index contributed by atoms with van der Waals surface area (Å²) in [6.45, 7) is 9.22. The molecule has 0 heteroatoms. The average molecular weight is 306 g/mol. The molecule has 0 N–H and O–H groups in total. The van der Waals surface area contributed by atoms with Crippen molar-refractivity contribution in [1.29, 1.82) is 0 Å². The van der Waals surface area contributed by atoms with Crippen molar-refractivity contribution in [2.45, 2.75) is 71.6 Å². The van der Waals surface area contributed by atoms with Crippen LogP contribution in [-0.4, -0.2) is 0 Å². The van der Waals surface area contributed by atoms with E-state index in [9.17, 15) is 0 Å². The van der Waals surface area contributed by atoms with Crippen molar-refractivity contribution in [3.05, 3.63) is 58.7 Å². The van der Waals surface area contributed by atoms with Crippen LogP contribution in [0.3, 0.4) is 0 Å². The highest BCUT2D eigenvalue weighted by Gasteiger charge is 2.19. The third-order valence-electron chi connectivity index (χ3n) is 5.85. The van der Waals surface area contributed by atoms with Gasteiger partial charge in [0.1, 0.15) is 0 Å². The fraction of sp³-hybridized carbons (Fsp3) is 0.478. The Kier molecular flexibility index (Phi) is 4.90. The minimum atomic E-state index is 0.666. The van der Waals surface area contributed by atoms with Crippen LogP contribution < -0.4 is 0 Å². The van der Waals surface area contributed by atoms with Gasteiger partial charge in [-0.05, 0) is 77.3 Å². The van der Waals surface area contributed by atoms with E-state index in [1.54, 1.807) is 11.1 Å². The minimum Gasteiger partial charge on any atom is -0.0648 e. The van der Waals surface area contributed by atoms with Crippen molar-refractivity contribution >= 4 is 0 Å². The Bertz CT molecular complexity index is 676. The summed E-state index contributed by atoms with van der Waals surface area (Å²) in [6, 6.07) is 14.4. The second kappa shape index (κ2) is 6.91. The second-order valence-corrected chi connectivity index (χ2v) is 7.16. The Hall–Kier alpha value is -1.56. The third kappa shape index (κ3) is 3.09. The van der Waals surface area contributed by atoms with Crippen LogP contribution in [0.5, 0.6) is 0 Å². The van der Waals surface area contributed by atoms with Gasteiger partial charge in [0, 0.05) is 0 Å². The fourth-order valence-corrected chi connectivity index (χ4v) is 3.99. The summed E-state index contributed by atoms with van der Waals surface area (Å²) in [5.41, 5.74) is 9.08. The van der Waals surface area contributed by atoms with Crippen molar-refractivity contribution in [1.82, 2.24) is 0 Å². The van der Waals surface area contributed by atoms with Gasteiger partial charge in [-0.3, -0.25) is 0 Å². The van der Waals surface area contributed by atoms with E-state index >= 15 is 0 Å². The average Bonchev–Trinajstić information content (AvgIpc) is 2.61. The Labute approximate surface area is 141 Å². The zero-order valence-corrected chi connectivity index (χ0v) is 15.2. The Morgan fingerprint density at radius 1 is 0.739 bits per heavy atom. The number of hydrogen-bond acceptors (Lipinski definition) is 0. The molecule has 1 atom stereocenters. The van der Waals surface area contributed by atoms with E-state index in [1.165, 1.54) is 54.4 Å². The molecule has 3 rings (SSSR count). The van der Waals surface area contributed by atoms with Gasteiger partial charge in [0.15, 0.2) is 0 Å². The van der Waals surface area contributed by atoms with E-state index in [0.29, 0.717) is 5.92 Å². The summed E-state index contributed by atoms with van der Waals surface area (Å²) < 4.78 is 0. The van der Waals surface area contributed by atoms with Crippen LogP contribution in [0.15, 0.2) is 36.4 Å². The Morgan fingerprint density at radius 2 is 1.26 bits per heavy atom. The molecular weight excluding hydrogens is 276 g/mol. The number of benzene rings is 2. The van der Waals surface area contributed by atoms with Crippen LogP contribution in [-0.2, 0) is 12.8 Å². The summed E-state index contributed by atoms with van der Waals surface area (Å²) in [5.74, 6) is 1.38. The maximum Gasteiger partial charge on any atom is -0.0149 e. The quantitative estimate of drug-likeness (QED) is 0.565. The molecule has 1 aliphatic carbocycles. The summed E-state index contributed by atoms with van der Waals surface area (Å²) >= 11 is 0. The lowest BCUT2D eigenvalue weighted by Crippen LogP contribution is -2.07. The monoisotopic (exact) mass is 306 g/mol. The predicted molar refractivity (Wildman–Crippen MR) is 101 cm³/mol. The van der Waals surface area contributed by atoms with Gasteiger partial charge < -0.3 is 0 Å². The highest BCUT2D eigenvalue weighted by atomic mass is 14.2. The molecule has 0 amide bonds. The topological polar surface area (TPSA) is 0 Å². The lowest BCUT2D eigenvalue weighted by Gasteiger charge is -2.24. The molecule has 0 radical (unpaired) electrons. The zero-order valence-electron chi connectivity index (χ0n) is 15.2. The van der Waals surface area contributed by atoms with E-state index < -0.39 is 0 Å². The number of rotatable bonds is 5. The first kappa shape index (κ1) is 16.3. The molecule has 0 spiro atoms. The first-order chi connectivity index (χ1) is 11.2. The van der Waals surface area contributed by atoms with Crippen molar-refractivity contribution in [3.8, 4) is 11.1 Å². The molecule has 2 aromatic rings. The number of fused-ring (bicyclic) bond motifs is 3. The molecule has 0 heterocycles. The summed E-state index contributed by atoms with van der Waals surface area (Å²) in [5, 5.41) is 0. The van der Waals surface area contributed by atoms with Gasteiger partial charge in [0.2, 0.25) is 0 Å². The standard InChI is InChI=1S/C23H30/c1-5-16(4)18-10-12-22-20(14-18)8-9-21-15-19(11-13-23(21)22)17(6-2)7-3/h10-17H,5-9H2,1-4H3. The van der Waals surface area contributed by atoms with Gasteiger partial charge in [0.25, 0.3) is 0 Å². The number of hydrogen-bond donors (Lipinski definition) is 0. The Balaban J connectivity index is 1.98. The van der Waals surface area contributed by atoms with Gasteiger partial charge in [-0.15, -0.1) is 0 Å². The van der Waals surface area contributed by atoms with Gasteiger partial charge in [-0.25, -0.2) is 0 Å². The van der Waals surface area contributed by atoms with Gasteiger partial charge in [-0.1, -0.05) is 64.1 Å². The molecule has 0 aliphatic heterocycles. The summed E-state index contributed by atoms with van der Waals surface area (Å²) in [4.78, 5) is 0. The first-order valence-corrected chi connectivity index (χ1v) is 9.43. The van der Waals surface area contributed by atoms with Crippen LogP contribution in [0.4, 0.5) is 0 Å². The normalized spacial score (nSPS) is 14.5. The van der Waals surface area contributed by atoms with Crippen LogP contribution in [0, 0.1) is 0 Å². The van der Waals surface area contributed by atoms with E-state index in [0.717, 1.165) is 5.92 Å². The maximum absolute atomic E-state index is 2.48. The molecule has 0 saturated carbocycles. The lowest BCUT2D eigenvalue weighted by atomic mass is 9.81. The van der Waals surface area contributed by atoms with Gasteiger partial charge in [-0.2, -0.15) is 0 Å². The zero-order chi connectivity index (χ0) is 16.4. The molecule has 0 saturated heterocycles. The molecule has 122 valence electrons. The summed E-state index contributed by atoms with van der Waals surface area (Å²) in [7, 11) is 0. The fourth-order valence-electron chi connectivity index (χ4n) is 3.99. The van der Waals surface area contributed by atoms with Crippen LogP contribution in [0.1, 0.15) is 81.0 Å². The van der Waals surface area contributed by atoms with E-state index in [-0.39, 0.29) is 0 Å². The smallest absolute Gasteiger partial charge is 0.0149 e. The van der Waals surface area contributed by atoms with E-state index in [4.69, 9.17) is 0 Å². The first-order valence-electron chi connectivity index (χ1n) is 9.43. The second-order valence-electron chi connectivity index (χ2n) is 7.16. The van der Waals surface area contributed by atoms with Crippen LogP contribution in [0.25, 0.3) is 11.1 Å². The highest BCUT2D eigenvalue weighted by Crippen LogP contribution is 2.37. The van der Waals surface area contributed by atoms with Crippen molar-refractivity contribution < 1.29 is 0 Å². The van der Waals surface area contributed by atoms with Gasteiger partial charge >= 0.3 is 0 Å². The van der Waals surface area contributed by atoms with Crippen molar-refractivity contribution in [3.63, 3.8) is 0 Å². The molecule has 23 heavy (non-hydrogen) atoms. The molecule has 2 aromatic carbocycles. The van der Waals surface area contributed by atoms with E-state index in [1.807, 2.05) is 0 Å². The highest BCUT2D eigenvalue weighted by molar-refractivity contribution is 5.74. The molecule has 0 aromatic heterocycles. The van der Waals surface area contributed by atoms with E-state index in [2.05, 4.69) is 64.1 Å². The minimum absolute atomic E-state index is 0.666. The van der Waals surface area contributed by atoms with Crippen molar-refractivity contribution in [2.24, 2.45) is 0 Å². The summed E-state index contributed by atoms with van der Waals surface area (Å²) in [6.07, 6.45) is 6.09. The van der Waals surface area contributed by atoms with Crippen molar-refractivity contribution in [2.75, 3.05) is 0 Å². The van der Waals surface area contributed by atoms with Gasteiger partial charge in [0.05, 0.1) is 0 Å². The largest absolute Gasteiger partial charge is 0.0648 e. The van der Waals surface area contributed by atoms with Crippen LogP contribution >= 0.6 is 0 Å². The lowest BCUT2D eigenvalue weighted by molar-refractivity contribution is 0.641.